The van der Waals surface area contributed by atoms with E-state index >= 15 is 0 Å². The number of benzene rings is 1. The summed E-state index contributed by atoms with van der Waals surface area (Å²) in [6.45, 7) is 1.29. The Morgan fingerprint density at radius 3 is 2.61 bits per heavy atom. The molecule has 0 radical (unpaired) electrons. The largest absolute Gasteiger partial charge is 0.467 e. The highest BCUT2D eigenvalue weighted by Crippen LogP contribution is 2.53. The summed E-state index contributed by atoms with van der Waals surface area (Å²) < 4.78 is 4.92. The van der Waals surface area contributed by atoms with Crippen LogP contribution in [0.25, 0.3) is 6.08 Å². The number of hydrogen-bond donors (Lipinski definition) is 1. The lowest BCUT2D eigenvalue weighted by atomic mass is 9.90. The summed E-state index contributed by atoms with van der Waals surface area (Å²) in [5.74, 6) is -1.54. The van der Waals surface area contributed by atoms with Crippen molar-refractivity contribution in [3.05, 3.63) is 40.9 Å². The van der Waals surface area contributed by atoms with E-state index in [1.807, 2.05) is 6.07 Å². The van der Waals surface area contributed by atoms with E-state index in [1.54, 1.807) is 34.1 Å². The van der Waals surface area contributed by atoms with Gasteiger partial charge in [0.15, 0.2) is 0 Å². The van der Waals surface area contributed by atoms with E-state index in [2.05, 4.69) is 0 Å². The topological polar surface area (TPSA) is 107 Å². The van der Waals surface area contributed by atoms with E-state index < -0.39 is 18.1 Å². The number of amides is 3. The average molecular weight is 518 g/mol. The molecule has 0 unspecified atom stereocenters. The van der Waals surface area contributed by atoms with Crippen molar-refractivity contribution in [2.24, 2.45) is 5.41 Å². The number of likely N-dealkylation sites (tertiary alicyclic amines) is 1. The van der Waals surface area contributed by atoms with Crippen LogP contribution in [0.2, 0.25) is 5.02 Å². The van der Waals surface area contributed by atoms with Gasteiger partial charge in [0.2, 0.25) is 17.7 Å². The molecule has 2 aliphatic heterocycles. The van der Waals surface area contributed by atoms with E-state index in [0.29, 0.717) is 11.6 Å². The molecule has 0 bridgehead atoms. The average Bonchev–Trinajstić information content (AvgIpc) is 3.67. The molecule has 1 spiro atoms. The number of hydrogen-bond acceptors (Lipinski definition) is 6. The van der Waals surface area contributed by atoms with Crippen molar-refractivity contribution in [3.8, 4) is 0 Å². The van der Waals surface area contributed by atoms with Crippen molar-refractivity contribution in [1.29, 1.82) is 0 Å². The number of methoxy groups -OCH3 is 1. The van der Waals surface area contributed by atoms with Gasteiger partial charge in [0.1, 0.15) is 6.04 Å². The number of halogens is 1. The highest BCUT2D eigenvalue weighted by Gasteiger charge is 2.52. The van der Waals surface area contributed by atoms with Crippen LogP contribution in [0, 0.1) is 5.41 Å². The lowest BCUT2D eigenvalue weighted by Gasteiger charge is -2.37. The van der Waals surface area contributed by atoms with Crippen LogP contribution >= 0.6 is 11.6 Å². The first-order chi connectivity index (χ1) is 17.2. The molecular weight excluding hydrogens is 486 g/mol. The van der Waals surface area contributed by atoms with E-state index in [1.165, 1.54) is 18.1 Å². The number of rotatable bonds is 6. The SMILES string of the molecule is COC(=O)[C@@H](CC(=O)N1CCC2(CC2)[C@H](O)C1)N1CCN(C(=O)/C=C/c2cccc(Cl)c2)CCC1=O. The number of aliphatic hydroxyl groups excluding tert-OH is 1. The Kier molecular flexibility index (Phi) is 8.00. The lowest BCUT2D eigenvalue weighted by molar-refractivity contribution is -0.156. The van der Waals surface area contributed by atoms with Gasteiger partial charge >= 0.3 is 5.97 Å². The van der Waals surface area contributed by atoms with E-state index in [4.69, 9.17) is 16.3 Å². The zero-order valence-corrected chi connectivity index (χ0v) is 21.2. The van der Waals surface area contributed by atoms with Crippen molar-refractivity contribution in [3.63, 3.8) is 0 Å². The third-order valence-electron chi connectivity index (χ3n) is 7.55. The van der Waals surface area contributed by atoms with Crippen LogP contribution in [0.5, 0.6) is 0 Å². The minimum absolute atomic E-state index is 0.0311. The summed E-state index contributed by atoms with van der Waals surface area (Å²) in [5.41, 5.74) is 0.735. The van der Waals surface area contributed by atoms with Gasteiger partial charge in [-0.1, -0.05) is 23.7 Å². The number of carbonyl (C=O) groups excluding carboxylic acids is 4. The van der Waals surface area contributed by atoms with Gasteiger partial charge in [0.25, 0.3) is 0 Å². The highest BCUT2D eigenvalue weighted by atomic mass is 35.5. The van der Waals surface area contributed by atoms with Crippen molar-refractivity contribution < 1.29 is 29.0 Å². The molecule has 2 atom stereocenters. The van der Waals surface area contributed by atoms with Gasteiger partial charge in [-0.3, -0.25) is 14.4 Å². The Bertz CT molecular complexity index is 1060. The summed E-state index contributed by atoms with van der Waals surface area (Å²) >= 11 is 5.99. The molecule has 4 rings (SSSR count). The maximum absolute atomic E-state index is 13.0. The molecular formula is C26H32ClN3O6. The number of aliphatic hydroxyl groups is 1. The van der Waals surface area contributed by atoms with Crippen molar-refractivity contribution >= 4 is 41.4 Å². The van der Waals surface area contributed by atoms with E-state index in [9.17, 15) is 24.3 Å². The number of piperidine rings is 1. The van der Waals surface area contributed by atoms with Crippen LogP contribution in [-0.2, 0) is 23.9 Å². The Balaban J connectivity index is 1.39. The molecule has 1 saturated carbocycles. The number of nitrogens with zero attached hydrogens (tertiary/aromatic N) is 3. The van der Waals surface area contributed by atoms with Gasteiger partial charge in [0.05, 0.1) is 19.6 Å². The standard InChI is InChI=1S/C26H32ClN3O6/c1-36-25(35)20(16-24(34)29-12-10-26(8-9-26)21(31)17-29)30-14-13-28(11-7-23(30)33)22(32)6-5-18-3-2-4-19(27)15-18/h2-6,15,20-21,31H,7-14,16-17H2,1H3/b6-5+/t20-,21-/m1/s1. The fraction of sp³-hybridized carbons (Fsp3) is 0.538. The molecule has 0 aromatic heterocycles. The van der Waals surface area contributed by atoms with Gasteiger partial charge < -0.3 is 24.5 Å². The number of esters is 1. The molecule has 3 aliphatic rings. The Morgan fingerprint density at radius 1 is 1.17 bits per heavy atom. The highest BCUT2D eigenvalue weighted by molar-refractivity contribution is 6.30. The first-order valence-corrected chi connectivity index (χ1v) is 12.7. The Hall–Kier alpha value is -2.91. The minimum atomic E-state index is -1.08. The molecule has 3 fully saturated rings. The molecule has 1 N–H and O–H groups in total. The van der Waals surface area contributed by atoms with Crippen LogP contribution in [0.1, 0.15) is 37.7 Å². The maximum atomic E-state index is 13.0. The van der Waals surface area contributed by atoms with Crippen molar-refractivity contribution in [2.75, 3.05) is 39.8 Å². The molecule has 9 nitrogen and oxygen atoms in total. The van der Waals surface area contributed by atoms with E-state index in [0.717, 1.165) is 24.8 Å². The number of β-amino-alcohol motifs (C(OH)–C–C–N with tert-alkyl or cyclic N) is 1. The smallest absolute Gasteiger partial charge is 0.329 e. The quantitative estimate of drug-likeness (QED) is 0.455. The summed E-state index contributed by atoms with van der Waals surface area (Å²) in [4.78, 5) is 55.8. The molecule has 1 aromatic rings. The summed E-state index contributed by atoms with van der Waals surface area (Å²) in [6, 6.07) is 6.02. The van der Waals surface area contributed by atoms with E-state index in [-0.39, 0.29) is 62.2 Å². The fourth-order valence-electron chi connectivity index (χ4n) is 5.01. The van der Waals surface area contributed by atoms with Crippen molar-refractivity contribution in [1.82, 2.24) is 14.7 Å². The predicted octanol–water partition coefficient (Wildman–Crippen LogP) is 1.72. The fourth-order valence-corrected chi connectivity index (χ4v) is 5.21. The molecule has 36 heavy (non-hydrogen) atoms. The molecule has 10 heteroatoms. The maximum Gasteiger partial charge on any atom is 0.329 e. The zero-order valence-electron chi connectivity index (χ0n) is 20.4. The summed E-state index contributed by atoms with van der Waals surface area (Å²) in [6.07, 6.45) is 5.04. The number of ether oxygens (including phenoxy) is 1. The van der Waals surface area contributed by atoms with Crippen molar-refractivity contribution in [2.45, 2.75) is 44.2 Å². The molecule has 2 saturated heterocycles. The first-order valence-electron chi connectivity index (χ1n) is 12.3. The molecule has 1 aliphatic carbocycles. The second-order valence-electron chi connectivity index (χ2n) is 9.76. The van der Waals surface area contributed by atoms with Crippen LogP contribution in [-0.4, -0.2) is 95.5 Å². The molecule has 1 aromatic carbocycles. The Labute approximate surface area is 215 Å². The zero-order chi connectivity index (χ0) is 25.9. The van der Waals surface area contributed by atoms with Gasteiger partial charge in [-0.2, -0.15) is 0 Å². The number of carbonyl (C=O) groups is 4. The third kappa shape index (κ3) is 5.90. The third-order valence-corrected chi connectivity index (χ3v) is 7.78. The molecule has 2 heterocycles. The summed E-state index contributed by atoms with van der Waals surface area (Å²) in [5, 5.41) is 11.0. The first kappa shape index (κ1) is 26.2. The normalized spacial score (nSPS) is 22.5. The lowest BCUT2D eigenvalue weighted by Crippen LogP contribution is -2.52. The van der Waals surface area contributed by atoms with Crippen LogP contribution in [0.3, 0.4) is 0 Å². The van der Waals surface area contributed by atoms with Gasteiger partial charge in [-0.25, -0.2) is 4.79 Å². The van der Waals surface area contributed by atoms with Gasteiger partial charge in [0, 0.05) is 50.2 Å². The molecule has 3 amide bonds. The second-order valence-corrected chi connectivity index (χ2v) is 10.2. The van der Waals surface area contributed by atoms with Gasteiger partial charge in [-0.15, -0.1) is 0 Å². The predicted molar refractivity (Wildman–Crippen MR) is 133 cm³/mol. The minimum Gasteiger partial charge on any atom is -0.467 e. The van der Waals surface area contributed by atoms with Crippen LogP contribution < -0.4 is 0 Å². The Morgan fingerprint density at radius 2 is 1.94 bits per heavy atom. The van der Waals surface area contributed by atoms with Gasteiger partial charge in [-0.05, 0) is 48.4 Å². The van der Waals surface area contributed by atoms with Crippen LogP contribution in [0.4, 0.5) is 0 Å². The summed E-state index contributed by atoms with van der Waals surface area (Å²) in [7, 11) is 1.22. The molecule has 194 valence electrons. The van der Waals surface area contributed by atoms with Crippen LogP contribution in [0.15, 0.2) is 30.3 Å². The monoisotopic (exact) mass is 517 g/mol. The second kappa shape index (κ2) is 11.0.